The van der Waals surface area contributed by atoms with Crippen LogP contribution in [0.1, 0.15) is 18.7 Å². The maximum absolute atomic E-state index is 12.1. The van der Waals surface area contributed by atoms with Gasteiger partial charge in [0.2, 0.25) is 11.0 Å². The molecule has 1 aliphatic heterocycles. The van der Waals surface area contributed by atoms with Gasteiger partial charge in [-0.05, 0) is 19.8 Å². The highest BCUT2D eigenvalue weighted by molar-refractivity contribution is 7.09. The van der Waals surface area contributed by atoms with Gasteiger partial charge in [0.05, 0.1) is 5.54 Å². The molecule has 6 nitrogen and oxygen atoms in total. The minimum absolute atomic E-state index is 0.121. The molecule has 0 unspecified atom stereocenters. The van der Waals surface area contributed by atoms with Gasteiger partial charge in [-0.15, -0.1) is 0 Å². The highest BCUT2D eigenvalue weighted by atomic mass is 32.1. The molecule has 0 radical (unpaired) electrons. The molecule has 2 fully saturated rings. The summed E-state index contributed by atoms with van der Waals surface area (Å²) in [5.41, 5.74) is 5.40. The fraction of sp³-hybridized carbons (Fsp3) is 0.727. The van der Waals surface area contributed by atoms with Crippen molar-refractivity contribution in [2.45, 2.75) is 25.3 Å². The number of nitrogens with two attached hydrogens (primary N) is 1. The van der Waals surface area contributed by atoms with Crippen LogP contribution in [0.2, 0.25) is 0 Å². The van der Waals surface area contributed by atoms with Gasteiger partial charge in [0.15, 0.2) is 0 Å². The molecule has 1 saturated heterocycles. The number of hydrogen-bond donors (Lipinski definition) is 1. The van der Waals surface area contributed by atoms with E-state index in [0.29, 0.717) is 0 Å². The summed E-state index contributed by atoms with van der Waals surface area (Å²) >= 11 is 1.42. The van der Waals surface area contributed by atoms with Crippen LogP contribution in [0, 0.1) is 6.92 Å². The summed E-state index contributed by atoms with van der Waals surface area (Å²) in [5, 5.41) is 0.952. The van der Waals surface area contributed by atoms with Crippen molar-refractivity contribution in [2.24, 2.45) is 5.73 Å². The molecule has 1 aromatic rings. The van der Waals surface area contributed by atoms with E-state index < -0.39 is 5.54 Å². The Balaban J connectivity index is 1.59. The van der Waals surface area contributed by atoms with Gasteiger partial charge in [0, 0.05) is 37.7 Å². The molecule has 18 heavy (non-hydrogen) atoms. The zero-order valence-corrected chi connectivity index (χ0v) is 11.2. The van der Waals surface area contributed by atoms with E-state index in [0.717, 1.165) is 50.0 Å². The van der Waals surface area contributed by atoms with E-state index in [-0.39, 0.29) is 5.91 Å². The monoisotopic (exact) mass is 267 g/mol. The Morgan fingerprint density at radius 2 is 2.00 bits per heavy atom. The summed E-state index contributed by atoms with van der Waals surface area (Å²) in [6.07, 6.45) is 1.67. The van der Waals surface area contributed by atoms with Crippen molar-refractivity contribution in [3.63, 3.8) is 0 Å². The van der Waals surface area contributed by atoms with E-state index >= 15 is 0 Å². The van der Waals surface area contributed by atoms with E-state index in [2.05, 4.69) is 14.3 Å². The number of amides is 1. The van der Waals surface area contributed by atoms with Gasteiger partial charge < -0.3 is 15.5 Å². The average molecular weight is 267 g/mol. The van der Waals surface area contributed by atoms with Gasteiger partial charge in [-0.25, -0.2) is 4.98 Å². The summed E-state index contributed by atoms with van der Waals surface area (Å²) in [4.78, 5) is 20.5. The normalized spacial score (nSPS) is 22.1. The molecule has 2 N–H and O–H groups in total. The molecule has 0 aromatic carbocycles. The smallest absolute Gasteiger partial charge is 0.242 e. The number of carbonyl (C=O) groups is 1. The third-order valence-corrected chi connectivity index (χ3v) is 4.44. The Bertz CT molecular complexity index is 462. The van der Waals surface area contributed by atoms with Crippen LogP contribution in [-0.4, -0.2) is 51.9 Å². The number of anilines is 1. The number of carbonyl (C=O) groups excluding carboxylic acids is 1. The lowest BCUT2D eigenvalue weighted by atomic mass is 10.2. The lowest BCUT2D eigenvalue weighted by molar-refractivity contribution is -0.133. The number of hydrogen-bond acceptors (Lipinski definition) is 6. The topological polar surface area (TPSA) is 75.4 Å². The fourth-order valence-electron chi connectivity index (χ4n) is 2.18. The lowest BCUT2D eigenvalue weighted by Gasteiger charge is -2.35. The third kappa shape index (κ3) is 2.08. The lowest BCUT2D eigenvalue weighted by Crippen LogP contribution is -2.54. The molecule has 1 aliphatic carbocycles. The molecule has 2 aliphatic rings. The van der Waals surface area contributed by atoms with Crippen LogP contribution in [0.3, 0.4) is 0 Å². The SMILES string of the molecule is Cc1nsc(N2CCN(C(=O)C3(N)CC3)CC2)n1. The van der Waals surface area contributed by atoms with Crippen molar-refractivity contribution in [1.82, 2.24) is 14.3 Å². The highest BCUT2D eigenvalue weighted by Crippen LogP contribution is 2.34. The first-order valence-electron chi connectivity index (χ1n) is 6.22. The predicted molar refractivity (Wildman–Crippen MR) is 69.6 cm³/mol. The molecule has 98 valence electrons. The quantitative estimate of drug-likeness (QED) is 0.815. The predicted octanol–water partition coefficient (Wildman–Crippen LogP) is -0.0136. The summed E-state index contributed by atoms with van der Waals surface area (Å²) in [5.74, 6) is 0.933. The standard InChI is InChI=1S/C11H17N5OS/c1-8-13-10(18-14-8)16-6-4-15(5-7-16)9(17)11(12)2-3-11/h2-7,12H2,1H3. The first kappa shape index (κ1) is 11.9. The van der Waals surface area contributed by atoms with Gasteiger partial charge >= 0.3 is 0 Å². The number of nitrogens with zero attached hydrogens (tertiary/aromatic N) is 4. The van der Waals surface area contributed by atoms with Gasteiger partial charge in [0.1, 0.15) is 5.82 Å². The van der Waals surface area contributed by atoms with Gasteiger partial charge in [0.25, 0.3) is 0 Å². The van der Waals surface area contributed by atoms with Crippen LogP contribution in [-0.2, 0) is 4.79 Å². The van der Waals surface area contributed by atoms with Crippen molar-refractivity contribution in [3.05, 3.63) is 5.82 Å². The third-order valence-electron chi connectivity index (χ3n) is 3.57. The summed E-state index contributed by atoms with van der Waals surface area (Å²) in [6, 6.07) is 0. The molecular formula is C11H17N5OS. The van der Waals surface area contributed by atoms with Crippen molar-refractivity contribution >= 4 is 22.6 Å². The highest BCUT2D eigenvalue weighted by Gasteiger charge is 2.48. The van der Waals surface area contributed by atoms with Crippen molar-refractivity contribution in [2.75, 3.05) is 31.1 Å². The van der Waals surface area contributed by atoms with E-state index in [9.17, 15) is 4.79 Å². The fourth-order valence-corrected chi connectivity index (χ4v) is 2.90. The molecule has 1 aromatic heterocycles. The summed E-state index contributed by atoms with van der Waals surface area (Å²) < 4.78 is 4.18. The van der Waals surface area contributed by atoms with Crippen LogP contribution >= 0.6 is 11.5 Å². The van der Waals surface area contributed by atoms with Crippen molar-refractivity contribution < 1.29 is 4.79 Å². The van der Waals surface area contributed by atoms with E-state index in [4.69, 9.17) is 5.73 Å². The largest absolute Gasteiger partial charge is 0.343 e. The van der Waals surface area contributed by atoms with Gasteiger partial charge in [-0.3, -0.25) is 4.79 Å². The average Bonchev–Trinajstić information content (AvgIpc) is 2.98. The van der Waals surface area contributed by atoms with Crippen LogP contribution in [0.4, 0.5) is 5.13 Å². The maximum atomic E-state index is 12.1. The van der Waals surface area contributed by atoms with E-state index in [1.54, 1.807) is 0 Å². The Morgan fingerprint density at radius 1 is 1.33 bits per heavy atom. The number of rotatable bonds is 2. The zero-order valence-electron chi connectivity index (χ0n) is 10.4. The zero-order chi connectivity index (χ0) is 12.8. The van der Waals surface area contributed by atoms with Crippen molar-refractivity contribution in [3.8, 4) is 0 Å². The second-order valence-corrected chi connectivity index (χ2v) is 5.79. The van der Waals surface area contributed by atoms with Crippen molar-refractivity contribution in [1.29, 1.82) is 0 Å². The van der Waals surface area contributed by atoms with Gasteiger partial charge in [-0.2, -0.15) is 4.37 Å². The van der Waals surface area contributed by atoms with Crippen LogP contribution < -0.4 is 10.6 Å². The molecule has 0 bridgehead atoms. The Hall–Kier alpha value is -1.21. The van der Waals surface area contributed by atoms with Gasteiger partial charge in [-0.1, -0.05) is 0 Å². The number of aromatic nitrogens is 2. The summed E-state index contributed by atoms with van der Waals surface area (Å²) in [6.45, 7) is 4.99. The molecule has 0 spiro atoms. The second-order valence-electron chi connectivity index (χ2n) is 5.06. The molecule has 2 heterocycles. The molecule has 1 saturated carbocycles. The van der Waals surface area contributed by atoms with E-state index in [1.165, 1.54) is 11.5 Å². The van der Waals surface area contributed by atoms with E-state index in [1.807, 2.05) is 11.8 Å². The molecule has 7 heteroatoms. The molecule has 0 atom stereocenters. The molecular weight excluding hydrogens is 250 g/mol. The number of piperazine rings is 1. The second kappa shape index (κ2) is 4.17. The molecule has 1 amide bonds. The summed E-state index contributed by atoms with van der Waals surface area (Å²) in [7, 11) is 0. The van der Waals surface area contributed by atoms with Crippen LogP contribution in [0.5, 0.6) is 0 Å². The Morgan fingerprint density at radius 3 is 2.50 bits per heavy atom. The number of aryl methyl sites for hydroxylation is 1. The molecule has 3 rings (SSSR count). The minimum atomic E-state index is -0.540. The Labute approximate surface area is 110 Å². The first-order chi connectivity index (χ1) is 8.58. The van der Waals surface area contributed by atoms with Crippen LogP contribution in [0.15, 0.2) is 0 Å². The maximum Gasteiger partial charge on any atom is 0.242 e. The minimum Gasteiger partial charge on any atom is -0.343 e. The van der Waals surface area contributed by atoms with Crippen LogP contribution in [0.25, 0.3) is 0 Å². The first-order valence-corrected chi connectivity index (χ1v) is 6.99. The Kier molecular flexibility index (Phi) is 2.74.